The van der Waals surface area contributed by atoms with Crippen molar-refractivity contribution in [2.24, 2.45) is 0 Å². The minimum absolute atomic E-state index is 0.366. The van der Waals surface area contributed by atoms with Crippen molar-refractivity contribution in [3.8, 4) is 0 Å². The first-order valence-electron chi connectivity index (χ1n) is 8.33. The van der Waals surface area contributed by atoms with Crippen LogP contribution in [0.1, 0.15) is 58.1 Å². The predicted molar refractivity (Wildman–Crippen MR) is 89.8 cm³/mol. The highest BCUT2D eigenvalue weighted by atomic mass is 16.3. The van der Waals surface area contributed by atoms with Crippen LogP contribution in [0.3, 0.4) is 0 Å². The monoisotopic (exact) mass is 290 g/mol. The van der Waals surface area contributed by atoms with Gasteiger partial charge < -0.3 is 15.3 Å². The van der Waals surface area contributed by atoms with Crippen LogP contribution in [-0.2, 0) is 0 Å². The van der Waals surface area contributed by atoms with Crippen LogP contribution in [0.4, 0.5) is 5.69 Å². The van der Waals surface area contributed by atoms with Gasteiger partial charge >= 0.3 is 0 Å². The Labute approximate surface area is 129 Å². The molecule has 0 saturated carbocycles. The molecule has 3 heteroatoms. The molecule has 1 fully saturated rings. The Kier molecular flexibility index (Phi) is 5.65. The van der Waals surface area contributed by atoms with Crippen molar-refractivity contribution in [1.82, 2.24) is 5.32 Å². The van der Waals surface area contributed by atoms with Gasteiger partial charge in [-0.2, -0.15) is 0 Å². The molecule has 1 saturated heterocycles. The van der Waals surface area contributed by atoms with Crippen molar-refractivity contribution in [3.63, 3.8) is 0 Å². The molecule has 0 radical (unpaired) electrons. The van der Waals surface area contributed by atoms with Gasteiger partial charge in [-0.1, -0.05) is 25.1 Å². The predicted octanol–water partition coefficient (Wildman–Crippen LogP) is 3.49. The molecule has 1 aliphatic heterocycles. The molecule has 3 nitrogen and oxygen atoms in total. The van der Waals surface area contributed by atoms with Crippen molar-refractivity contribution in [3.05, 3.63) is 29.8 Å². The van der Waals surface area contributed by atoms with E-state index in [0.717, 1.165) is 45.3 Å². The summed E-state index contributed by atoms with van der Waals surface area (Å²) in [6.07, 6.45) is 3.95. The van der Waals surface area contributed by atoms with Crippen LogP contribution < -0.4 is 10.2 Å². The van der Waals surface area contributed by atoms with Gasteiger partial charge in [0.05, 0.1) is 5.60 Å². The van der Waals surface area contributed by atoms with Gasteiger partial charge in [0.15, 0.2) is 0 Å². The fraction of sp³-hybridized carbons (Fsp3) is 0.667. The molecule has 21 heavy (non-hydrogen) atoms. The highest BCUT2D eigenvalue weighted by Crippen LogP contribution is 2.30. The molecule has 0 aliphatic carbocycles. The van der Waals surface area contributed by atoms with Gasteiger partial charge in [-0.3, -0.25) is 0 Å². The van der Waals surface area contributed by atoms with Crippen molar-refractivity contribution in [2.75, 3.05) is 24.5 Å². The van der Waals surface area contributed by atoms with E-state index in [2.05, 4.69) is 48.3 Å². The van der Waals surface area contributed by atoms with E-state index < -0.39 is 5.60 Å². The Hall–Kier alpha value is -1.06. The zero-order valence-electron chi connectivity index (χ0n) is 13.7. The molecule has 2 unspecified atom stereocenters. The average molecular weight is 290 g/mol. The Morgan fingerprint density at radius 2 is 2.05 bits per heavy atom. The van der Waals surface area contributed by atoms with Gasteiger partial charge in [-0.05, 0) is 57.7 Å². The standard InChI is InChI=1S/C18H30N2O/c1-4-12-19-15(2)16-8-5-6-9-17(16)20-13-7-10-18(3,21)11-14-20/h5-6,8-9,15,19,21H,4,7,10-14H2,1-3H3. The summed E-state index contributed by atoms with van der Waals surface area (Å²) in [6, 6.07) is 9.06. The van der Waals surface area contributed by atoms with Crippen molar-refractivity contribution in [2.45, 2.75) is 58.1 Å². The molecular weight excluding hydrogens is 260 g/mol. The first-order valence-corrected chi connectivity index (χ1v) is 8.33. The summed E-state index contributed by atoms with van der Waals surface area (Å²) < 4.78 is 0. The summed E-state index contributed by atoms with van der Waals surface area (Å²) in [5.74, 6) is 0. The molecule has 118 valence electrons. The van der Waals surface area contributed by atoms with Gasteiger partial charge in [-0.25, -0.2) is 0 Å². The summed E-state index contributed by atoms with van der Waals surface area (Å²) in [6.45, 7) is 9.42. The van der Waals surface area contributed by atoms with Gasteiger partial charge in [0, 0.05) is 24.8 Å². The molecule has 2 N–H and O–H groups in total. The third-order valence-corrected chi connectivity index (χ3v) is 4.51. The smallest absolute Gasteiger partial charge is 0.0637 e. The minimum Gasteiger partial charge on any atom is -0.390 e. The van der Waals surface area contributed by atoms with Crippen molar-refractivity contribution < 1.29 is 5.11 Å². The van der Waals surface area contributed by atoms with Gasteiger partial charge in [0.25, 0.3) is 0 Å². The number of benzene rings is 1. The maximum atomic E-state index is 10.3. The fourth-order valence-corrected chi connectivity index (χ4v) is 3.12. The van der Waals surface area contributed by atoms with Crippen LogP contribution in [0.25, 0.3) is 0 Å². The lowest BCUT2D eigenvalue weighted by molar-refractivity contribution is 0.0481. The fourth-order valence-electron chi connectivity index (χ4n) is 3.12. The zero-order valence-corrected chi connectivity index (χ0v) is 13.7. The number of nitrogens with zero attached hydrogens (tertiary/aromatic N) is 1. The van der Waals surface area contributed by atoms with Crippen molar-refractivity contribution >= 4 is 5.69 Å². The molecule has 2 atom stereocenters. The number of para-hydroxylation sites is 1. The number of nitrogens with one attached hydrogen (secondary N) is 1. The van der Waals surface area contributed by atoms with Crippen LogP contribution >= 0.6 is 0 Å². The normalized spacial score (nSPS) is 24.7. The van der Waals surface area contributed by atoms with E-state index in [1.807, 2.05) is 6.92 Å². The lowest BCUT2D eigenvalue weighted by Crippen LogP contribution is -2.30. The van der Waals surface area contributed by atoms with Crippen LogP contribution in [0.15, 0.2) is 24.3 Å². The Morgan fingerprint density at radius 3 is 2.81 bits per heavy atom. The molecule has 1 aromatic rings. The zero-order chi connectivity index (χ0) is 15.3. The van der Waals surface area contributed by atoms with Gasteiger partial charge in [0.2, 0.25) is 0 Å². The highest BCUT2D eigenvalue weighted by molar-refractivity contribution is 5.55. The molecule has 1 aliphatic rings. The van der Waals surface area contributed by atoms with Crippen LogP contribution in [0.2, 0.25) is 0 Å². The minimum atomic E-state index is -0.504. The average Bonchev–Trinajstić information content (AvgIpc) is 2.65. The Morgan fingerprint density at radius 1 is 1.29 bits per heavy atom. The lowest BCUT2D eigenvalue weighted by atomic mass is 9.98. The number of hydrogen-bond acceptors (Lipinski definition) is 3. The van der Waals surface area contributed by atoms with E-state index in [1.54, 1.807) is 0 Å². The molecule has 0 amide bonds. The van der Waals surface area contributed by atoms with E-state index in [4.69, 9.17) is 0 Å². The summed E-state index contributed by atoms with van der Waals surface area (Å²) >= 11 is 0. The quantitative estimate of drug-likeness (QED) is 0.871. The topological polar surface area (TPSA) is 35.5 Å². The number of aliphatic hydroxyl groups is 1. The summed E-state index contributed by atoms with van der Waals surface area (Å²) in [4.78, 5) is 2.45. The molecule has 0 spiro atoms. The van der Waals surface area contributed by atoms with Gasteiger partial charge in [0.1, 0.15) is 0 Å². The molecule has 1 aromatic carbocycles. The lowest BCUT2D eigenvalue weighted by Gasteiger charge is -2.28. The second kappa shape index (κ2) is 7.28. The van der Waals surface area contributed by atoms with Gasteiger partial charge in [-0.15, -0.1) is 0 Å². The van der Waals surface area contributed by atoms with E-state index >= 15 is 0 Å². The SMILES string of the molecule is CCCNC(C)c1ccccc1N1CCCC(C)(O)CC1. The maximum absolute atomic E-state index is 10.3. The Bertz CT molecular complexity index is 445. The van der Waals surface area contributed by atoms with Crippen LogP contribution in [-0.4, -0.2) is 30.3 Å². The summed E-state index contributed by atoms with van der Waals surface area (Å²) in [5.41, 5.74) is 2.19. The van der Waals surface area contributed by atoms with Crippen LogP contribution in [0, 0.1) is 0 Å². The third kappa shape index (κ3) is 4.45. The summed E-state index contributed by atoms with van der Waals surface area (Å²) in [5, 5.41) is 13.9. The third-order valence-electron chi connectivity index (χ3n) is 4.51. The number of hydrogen-bond donors (Lipinski definition) is 2. The van der Waals surface area contributed by atoms with Crippen LogP contribution in [0.5, 0.6) is 0 Å². The highest BCUT2D eigenvalue weighted by Gasteiger charge is 2.26. The molecule has 0 bridgehead atoms. The second-order valence-corrected chi connectivity index (χ2v) is 6.57. The largest absolute Gasteiger partial charge is 0.390 e. The molecule has 1 heterocycles. The molecular formula is C18H30N2O. The number of anilines is 1. The van der Waals surface area contributed by atoms with E-state index in [1.165, 1.54) is 11.3 Å². The first-order chi connectivity index (χ1) is 10.0. The maximum Gasteiger partial charge on any atom is 0.0637 e. The second-order valence-electron chi connectivity index (χ2n) is 6.57. The molecule has 0 aromatic heterocycles. The van der Waals surface area contributed by atoms with E-state index in [9.17, 15) is 5.11 Å². The Balaban J connectivity index is 2.15. The molecule has 2 rings (SSSR count). The van der Waals surface area contributed by atoms with Crippen molar-refractivity contribution in [1.29, 1.82) is 0 Å². The first kappa shape index (κ1) is 16.3. The van der Waals surface area contributed by atoms with E-state index in [0.29, 0.717) is 6.04 Å². The van der Waals surface area contributed by atoms with E-state index in [-0.39, 0.29) is 0 Å². The summed E-state index contributed by atoms with van der Waals surface area (Å²) in [7, 11) is 0. The number of rotatable bonds is 5.